The molecule has 0 fully saturated rings. The van der Waals surface area contributed by atoms with Crippen molar-refractivity contribution in [3.8, 4) is 0 Å². The first kappa shape index (κ1) is 9.58. The van der Waals surface area contributed by atoms with Crippen LogP contribution in [-0.4, -0.2) is 11.5 Å². The van der Waals surface area contributed by atoms with Crippen LogP contribution in [0.1, 0.15) is 11.6 Å². The van der Waals surface area contributed by atoms with Gasteiger partial charge in [-0.25, -0.2) is 0 Å². The predicted octanol–water partition coefficient (Wildman–Crippen LogP) is 2.48. The van der Waals surface area contributed by atoms with Crippen LogP contribution in [0, 0.1) is 0 Å². The molecule has 0 spiro atoms. The summed E-state index contributed by atoms with van der Waals surface area (Å²) in [5.74, 6) is 0. The number of benzene rings is 1. The van der Waals surface area contributed by atoms with Gasteiger partial charge < -0.3 is 10.7 Å². The second kappa shape index (κ2) is 4.04. The molecule has 5 heteroatoms. The molecule has 1 heterocycles. The van der Waals surface area contributed by atoms with E-state index in [4.69, 9.17) is 11.3 Å². The van der Waals surface area contributed by atoms with E-state index in [1.165, 1.54) is 0 Å². The maximum absolute atomic E-state index is 8.43. The van der Waals surface area contributed by atoms with Crippen LogP contribution in [0.15, 0.2) is 35.6 Å². The van der Waals surface area contributed by atoms with Gasteiger partial charge in [-0.15, -0.1) is 0 Å². The van der Waals surface area contributed by atoms with Crippen LogP contribution in [0.5, 0.6) is 0 Å². The molecule has 0 saturated heterocycles. The van der Waals surface area contributed by atoms with Crippen molar-refractivity contribution in [2.75, 3.05) is 6.54 Å². The van der Waals surface area contributed by atoms with Gasteiger partial charge in [0.2, 0.25) is 0 Å². The van der Waals surface area contributed by atoms with Crippen molar-refractivity contribution in [3.63, 3.8) is 0 Å². The molecule has 1 atom stereocenters. The first-order valence-electron chi connectivity index (χ1n) is 4.67. The first-order chi connectivity index (χ1) is 7.36. The van der Waals surface area contributed by atoms with Crippen molar-refractivity contribution in [3.05, 3.63) is 46.5 Å². The second-order valence-corrected chi connectivity index (χ2v) is 3.25. The zero-order valence-electron chi connectivity index (χ0n) is 8.09. The van der Waals surface area contributed by atoms with E-state index in [0.29, 0.717) is 6.54 Å². The number of hydrogen-bond acceptors (Lipinski definition) is 2. The van der Waals surface area contributed by atoms with Crippen LogP contribution in [0.2, 0.25) is 0 Å². The molecule has 0 amide bonds. The Kier molecular flexibility index (Phi) is 2.58. The monoisotopic (exact) mass is 201 g/mol. The number of nitrogens with two attached hydrogens (primary N) is 1. The van der Waals surface area contributed by atoms with E-state index in [0.717, 1.165) is 16.5 Å². The van der Waals surface area contributed by atoms with E-state index in [-0.39, 0.29) is 6.04 Å². The van der Waals surface area contributed by atoms with Crippen molar-refractivity contribution in [1.29, 1.82) is 0 Å². The van der Waals surface area contributed by atoms with Crippen LogP contribution >= 0.6 is 0 Å². The van der Waals surface area contributed by atoms with Crippen molar-refractivity contribution < 1.29 is 0 Å². The van der Waals surface area contributed by atoms with Crippen molar-refractivity contribution >= 4 is 10.9 Å². The third kappa shape index (κ3) is 1.66. The van der Waals surface area contributed by atoms with Gasteiger partial charge in [-0.05, 0) is 17.2 Å². The van der Waals surface area contributed by atoms with E-state index in [2.05, 4.69) is 15.0 Å². The molecule has 0 aliphatic rings. The van der Waals surface area contributed by atoms with Gasteiger partial charge in [-0.2, -0.15) is 0 Å². The smallest absolute Gasteiger partial charge is 0.0768 e. The molecular weight excluding hydrogens is 190 g/mol. The Morgan fingerprint density at radius 2 is 2.27 bits per heavy atom. The lowest BCUT2D eigenvalue weighted by Gasteiger charge is -2.05. The normalized spacial score (nSPS) is 12.3. The third-order valence-corrected chi connectivity index (χ3v) is 2.39. The fourth-order valence-electron chi connectivity index (χ4n) is 1.67. The molecule has 1 unspecified atom stereocenters. The molecule has 2 aromatic rings. The van der Waals surface area contributed by atoms with E-state index >= 15 is 0 Å². The first-order valence-corrected chi connectivity index (χ1v) is 4.67. The fourth-order valence-corrected chi connectivity index (χ4v) is 1.67. The number of H-pyrrole nitrogens is 1. The van der Waals surface area contributed by atoms with Gasteiger partial charge in [0.15, 0.2) is 0 Å². The predicted molar refractivity (Wildman–Crippen MR) is 59.2 cm³/mol. The summed E-state index contributed by atoms with van der Waals surface area (Å²) in [5, 5.41) is 4.73. The summed E-state index contributed by atoms with van der Waals surface area (Å²) in [7, 11) is 0. The van der Waals surface area contributed by atoms with Crippen LogP contribution in [0.25, 0.3) is 21.3 Å². The molecule has 1 aromatic heterocycles. The number of nitrogens with one attached hydrogen (secondary N) is 1. The molecule has 15 heavy (non-hydrogen) atoms. The lowest BCUT2D eigenvalue weighted by molar-refractivity contribution is 0.736. The zero-order chi connectivity index (χ0) is 10.7. The zero-order valence-corrected chi connectivity index (χ0v) is 8.09. The second-order valence-electron chi connectivity index (χ2n) is 3.25. The standard InChI is InChI=1S/C10H11N5/c11-5-10(14-15-12)8-6-13-9-4-2-1-3-7(8)9/h1-4,6,10,13H,5,11H2. The van der Waals surface area contributed by atoms with E-state index in [9.17, 15) is 0 Å². The van der Waals surface area contributed by atoms with Gasteiger partial charge in [0.05, 0.1) is 6.04 Å². The highest BCUT2D eigenvalue weighted by molar-refractivity contribution is 5.83. The van der Waals surface area contributed by atoms with E-state index < -0.39 is 0 Å². The van der Waals surface area contributed by atoms with Gasteiger partial charge in [0.25, 0.3) is 0 Å². The number of aromatic amines is 1. The molecule has 5 nitrogen and oxygen atoms in total. The highest BCUT2D eigenvalue weighted by Crippen LogP contribution is 2.25. The van der Waals surface area contributed by atoms with Crippen LogP contribution in [-0.2, 0) is 0 Å². The Morgan fingerprint density at radius 3 is 3.00 bits per heavy atom. The largest absolute Gasteiger partial charge is 0.361 e. The van der Waals surface area contributed by atoms with Gasteiger partial charge in [-0.1, -0.05) is 23.3 Å². The molecule has 1 aromatic carbocycles. The summed E-state index contributed by atoms with van der Waals surface area (Å²) < 4.78 is 0. The topological polar surface area (TPSA) is 90.6 Å². The number of hydrogen-bond donors (Lipinski definition) is 2. The molecule has 0 radical (unpaired) electrons. The molecule has 2 rings (SSSR count). The van der Waals surface area contributed by atoms with Gasteiger partial charge in [0, 0.05) is 28.6 Å². The lowest BCUT2D eigenvalue weighted by atomic mass is 10.1. The average molecular weight is 201 g/mol. The Labute approximate surface area is 86.5 Å². The Hall–Kier alpha value is -1.97. The molecule has 76 valence electrons. The molecule has 0 saturated carbocycles. The van der Waals surface area contributed by atoms with Gasteiger partial charge >= 0.3 is 0 Å². The quantitative estimate of drug-likeness (QED) is 0.445. The number of para-hydroxylation sites is 1. The van der Waals surface area contributed by atoms with Gasteiger partial charge in [-0.3, -0.25) is 0 Å². The lowest BCUT2D eigenvalue weighted by Crippen LogP contribution is -2.09. The Balaban J connectivity index is 2.55. The van der Waals surface area contributed by atoms with Crippen LogP contribution in [0.3, 0.4) is 0 Å². The SMILES string of the molecule is [N-]=[N+]=NC(CN)c1c[nH]c2ccccc12. The van der Waals surface area contributed by atoms with E-state index in [1.807, 2.05) is 30.5 Å². The number of fused-ring (bicyclic) bond motifs is 1. The van der Waals surface area contributed by atoms with Crippen molar-refractivity contribution in [1.82, 2.24) is 4.98 Å². The Morgan fingerprint density at radius 1 is 1.47 bits per heavy atom. The number of aromatic nitrogens is 1. The van der Waals surface area contributed by atoms with Crippen molar-refractivity contribution in [2.45, 2.75) is 6.04 Å². The third-order valence-electron chi connectivity index (χ3n) is 2.39. The average Bonchev–Trinajstić information content (AvgIpc) is 2.70. The summed E-state index contributed by atoms with van der Waals surface area (Å²) in [6, 6.07) is 7.56. The Bertz CT molecular complexity index is 509. The number of azide groups is 1. The van der Waals surface area contributed by atoms with Crippen LogP contribution < -0.4 is 5.73 Å². The maximum Gasteiger partial charge on any atom is 0.0768 e. The molecular formula is C10H11N5. The summed E-state index contributed by atoms with van der Waals surface area (Å²) >= 11 is 0. The summed E-state index contributed by atoms with van der Waals surface area (Å²) in [4.78, 5) is 5.92. The molecule has 0 bridgehead atoms. The minimum absolute atomic E-state index is 0.300. The molecule has 0 aliphatic carbocycles. The highest BCUT2D eigenvalue weighted by atomic mass is 15.2. The molecule has 0 aliphatic heterocycles. The summed E-state index contributed by atoms with van der Waals surface area (Å²) in [6.45, 7) is 0.311. The minimum Gasteiger partial charge on any atom is -0.361 e. The summed E-state index contributed by atoms with van der Waals surface area (Å²) in [5.41, 5.74) is 16.0. The maximum atomic E-state index is 8.43. The minimum atomic E-state index is -0.300. The van der Waals surface area contributed by atoms with Crippen LogP contribution in [0.4, 0.5) is 0 Å². The van der Waals surface area contributed by atoms with E-state index in [1.54, 1.807) is 0 Å². The fraction of sp³-hybridized carbons (Fsp3) is 0.200. The van der Waals surface area contributed by atoms with Crippen molar-refractivity contribution in [2.24, 2.45) is 10.8 Å². The number of nitrogens with zero attached hydrogens (tertiary/aromatic N) is 3. The summed E-state index contributed by atoms with van der Waals surface area (Å²) in [6.07, 6.45) is 1.84. The number of rotatable bonds is 3. The highest BCUT2D eigenvalue weighted by Gasteiger charge is 2.11. The molecule has 3 N–H and O–H groups in total. The van der Waals surface area contributed by atoms with Gasteiger partial charge in [0.1, 0.15) is 0 Å².